The molecule has 2 aromatic heterocycles. The molecule has 106 valence electrons. The number of benzene rings is 1. The first-order valence-electron chi connectivity index (χ1n) is 6.29. The summed E-state index contributed by atoms with van der Waals surface area (Å²) in [5, 5.41) is 29.5. The predicted molar refractivity (Wildman–Crippen MR) is 84.3 cm³/mol. The Labute approximate surface area is 135 Å². The average Bonchev–Trinajstić information content (AvgIpc) is 3.18. The number of aromatic nitrogens is 3. The molecule has 0 aliphatic carbocycles. The normalized spacial score (nSPS) is 10.1. The molecule has 0 saturated carbocycles. The van der Waals surface area contributed by atoms with Crippen molar-refractivity contribution in [2.45, 2.75) is 10.1 Å². The second-order valence-electron chi connectivity index (χ2n) is 4.35. The first-order chi connectivity index (χ1) is 10.7. The topological polar surface area (TPSA) is 78.3 Å². The highest BCUT2D eigenvalue weighted by Crippen LogP contribution is 2.34. The third-order valence-electron chi connectivity index (χ3n) is 3.03. The van der Waals surface area contributed by atoms with Crippen molar-refractivity contribution in [1.82, 2.24) is 14.8 Å². The predicted octanol–water partition coefficient (Wildman–Crippen LogP) is 3.44. The van der Waals surface area contributed by atoms with Gasteiger partial charge in [0.15, 0.2) is 11.0 Å². The molecule has 0 radical (unpaired) electrons. The van der Waals surface area contributed by atoms with E-state index < -0.39 is 0 Å². The van der Waals surface area contributed by atoms with E-state index in [1.807, 2.05) is 29.1 Å². The second-order valence-corrected chi connectivity index (χ2v) is 6.28. The van der Waals surface area contributed by atoms with Gasteiger partial charge in [-0.25, -0.2) is 0 Å². The summed E-state index contributed by atoms with van der Waals surface area (Å²) in [5.41, 5.74) is 0.925. The van der Waals surface area contributed by atoms with Gasteiger partial charge in [-0.3, -0.25) is 0 Å². The van der Waals surface area contributed by atoms with Crippen LogP contribution in [0.1, 0.15) is 11.1 Å². The Kier molecular flexibility index (Phi) is 3.92. The van der Waals surface area contributed by atoms with E-state index in [1.165, 1.54) is 11.8 Å². The van der Waals surface area contributed by atoms with E-state index in [2.05, 4.69) is 22.3 Å². The minimum Gasteiger partial charge on any atom is -0.304 e. The lowest BCUT2D eigenvalue weighted by atomic mass is 10.1. The zero-order valence-corrected chi connectivity index (χ0v) is 13.1. The number of hydrogen-bond acceptors (Lipinski definition) is 6. The van der Waals surface area contributed by atoms with Crippen LogP contribution < -0.4 is 0 Å². The van der Waals surface area contributed by atoms with Crippen molar-refractivity contribution in [3.05, 3.63) is 46.8 Å². The zero-order chi connectivity index (χ0) is 15.5. The Bertz CT molecular complexity index is 865. The van der Waals surface area contributed by atoms with E-state index in [-0.39, 0.29) is 0 Å². The number of rotatable bonds is 3. The van der Waals surface area contributed by atoms with Gasteiger partial charge in [-0.05, 0) is 35.3 Å². The molecule has 0 fully saturated rings. The van der Waals surface area contributed by atoms with Gasteiger partial charge in [-0.1, -0.05) is 12.1 Å². The summed E-state index contributed by atoms with van der Waals surface area (Å²) in [6.07, 6.45) is 0. The minimum absolute atomic E-state index is 0.463. The van der Waals surface area contributed by atoms with Gasteiger partial charge < -0.3 is 4.57 Å². The molecule has 3 aromatic rings. The third kappa shape index (κ3) is 2.48. The lowest BCUT2D eigenvalue weighted by molar-refractivity contribution is 0.794. The molecule has 22 heavy (non-hydrogen) atoms. The number of thiophene rings is 1. The van der Waals surface area contributed by atoms with Crippen LogP contribution in [0.15, 0.2) is 45.8 Å². The molecule has 0 saturated heterocycles. The molecular weight excluding hydrogens is 314 g/mol. The second kappa shape index (κ2) is 6.02. The van der Waals surface area contributed by atoms with Crippen molar-refractivity contribution in [3.8, 4) is 22.8 Å². The standard InChI is InChI=1S/C15H9N5S2/c1-20-14(12-6-3-7-21-12)18-19-15(20)22-13-10(8-16)4-2-5-11(13)9-17/h2-7H,1H3. The molecule has 2 heterocycles. The van der Waals surface area contributed by atoms with Crippen molar-refractivity contribution in [2.75, 3.05) is 0 Å². The van der Waals surface area contributed by atoms with Crippen LogP contribution in [0.25, 0.3) is 10.7 Å². The van der Waals surface area contributed by atoms with Crippen LogP contribution in [0.3, 0.4) is 0 Å². The molecule has 0 bridgehead atoms. The molecule has 3 rings (SSSR count). The minimum atomic E-state index is 0.463. The summed E-state index contributed by atoms with van der Waals surface area (Å²) in [6, 6.07) is 13.3. The van der Waals surface area contributed by atoms with E-state index >= 15 is 0 Å². The summed E-state index contributed by atoms with van der Waals surface area (Å²) in [7, 11) is 1.87. The Morgan fingerprint density at radius 3 is 2.41 bits per heavy atom. The maximum absolute atomic E-state index is 9.23. The molecule has 1 aromatic carbocycles. The van der Waals surface area contributed by atoms with E-state index in [0.29, 0.717) is 21.2 Å². The lowest BCUT2D eigenvalue weighted by Crippen LogP contribution is -1.95. The highest BCUT2D eigenvalue weighted by molar-refractivity contribution is 7.99. The van der Waals surface area contributed by atoms with Crippen LogP contribution in [-0.2, 0) is 7.05 Å². The van der Waals surface area contributed by atoms with Crippen LogP contribution in [0.4, 0.5) is 0 Å². The van der Waals surface area contributed by atoms with E-state index in [4.69, 9.17) is 0 Å². The van der Waals surface area contributed by atoms with Crippen LogP contribution in [-0.4, -0.2) is 14.8 Å². The molecule has 0 unspecified atom stereocenters. The zero-order valence-electron chi connectivity index (χ0n) is 11.5. The van der Waals surface area contributed by atoms with Crippen LogP contribution in [0.5, 0.6) is 0 Å². The summed E-state index contributed by atoms with van der Waals surface area (Å²) in [5.74, 6) is 0.769. The van der Waals surface area contributed by atoms with E-state index in [0.717, 1.165) is 10.7 Å². The first kappa shape index (κ1) is 14.3. The third-order valence-corrected chi connectivity index (χ3v) is 5.07. The van der Waals surface area contributed by atoms with Crippen LogP contribution in [0, 0.1) is 22.7 Å². The van der Waals surface area contributed by atoms with Crippen molar-refractivity contribution in [2.24, 2.45) is 7.05 Å². The van der Waals surface area contributed by atoms with Gasteiger partial charge in [0.25, 0.3) is 0 Å². The fourth-order valence-corrected chi connectivity index (χ4v) is 3.62. The first-order valence-corrected chi connectivity index (χ1v) is 7.98. The van der Waals surface area contributed by atoms with Gasteiger partial charge in [-0.15, -0.1) is 21.5 Å². The molecule has 0 spiro atoms. The van der Waals surface area contributed by atoms with Crippen molar-refractivity contribution in [3.63, 3.8) is 0 Å². The van der Waals surface area contributed by atoms with Gasteiger partial charge >= 0.3 is 0 Å². The molecular formula is C15H9N5S2. The molecule has 0 aliphatic heterocycles. The number of nitrogens with zero attached hydrogens (tertiary/aromatic N) is 5. The Morgan fingerprint density at radius 1 is 1.09 bits per heavy atom. The average molecular weight is 323 g/mol. The summed E-state index contributed by atoms with van der Waals surface area (Å²) in [6.45, 7) is 0. The van der Waals surface area contributed by atoms with Gasteiger partial charge in [0.1, 0.15) is 12.1 Å². The number of nitriles is 2. The van der Waals surface area contributed by atoms with Gasteiger partial charge in [-0.2, -0.15) is 10.5 Å². The van der Waals surface area contributed by atoms with Crippen LogP contribution in [0.2, 0.25) is 0 Å². The maximum Gasteiger partial charge on any atom is 0.196 e. The van der Waals surface area contributed by atoms with Crippen LogP contribution >= 0.6 is 23.1 Å². The summed E-state index contributed by atoms with van der Waals surface area (Å²) < 4.78 is 1.87. The lowest BCUT2D eigenvalue weighted by Gasteiger charge is -2.05. The highest BCUT2D eigenvalue weighted by atomic mass is 32.2. The highest BCUT2D eigenvalue weighted by Gasteiger charge is 2.16. The Balaban J connectivity index is 2.03. The summed E-state index contributed by atoms with van der Waals surface area (Å²) in [4.78, 5) is 1.64. The van der Waals surface area contributed by atoms with Gasteiger partial charge in [0.2, 0.25) is 0 Å². The molecule has 0 N–H and O–H groups in total. The molecule has 5 nitrogen and oxygen atoms in total. The fraction of sp³-hybridized carbons (Fsp3) is 0.0667. The molecule has 7 heteroatoms. The van der Waals surface area contributed by atoms with Gasteiger partial charge in [0.05, 0.1) is 20.9 Å². The Hall–Kier alpha value is -2.61. The largest absolute Gasteiger partial charge is 0.304 e. The number of hydrogen-bond donors (Lipinski definition) is 0. The smallest absolute Gasteiger partial charge is 0.196 e. The fourth-order valence-electron chi connectivity index (χ4n) is 1.94. The van der Waals surface area contributed by atoms with Crippen molar-refractivity contribution >= 4 is 23.1 Å². The molecule has 0 amide bonds. The molecule has 0 aliphatic rings. The van der Waals surface area contributed by atoms with Crippen molar-refractivity contribution < 1.29 is 0 Å². The SMILES string of the molecule is Cn1c(Sc2c(C#N)cccc2C#N)nnc1-c1cccs1. The Morgan fingerprint density at radius 2 is 1.82 bits per heavy atom. The van der Waals surface area contributed by atoms with Gasteiger partial charge in [0, 0.05) is 7.05 Å². The van der Waals surface area contributed by atoms with E-state index in [1.54, 1.807) is 29.5 Å². The summed E-state index contributed by atoms with van der Waals surface area (Å²) >= 11 is 2.87. The van der Waals surface area contributed by atoms with Crippen molar-refractivity contribution in [1.29, 1.82) is 10.5 Å². The molecule has 0 atom stereocenters. The maximum atomic E-state index is 9.23. The van der Waals surface area contributed by atoms with E-state index in [9.17, 15) is 10.5 Å². The monoisotopic (exact) mass is 323 g/mol. The quantitative estimate of drug-likeness (QED) is 0.738.